The van der Waals surface area contributed by atoms with Crippen molar-refractivity contribution >= 4 is 5.71 Å². The second-order valence-corrected chi connectivity index (χ2v) is 5.97. The average Bonchev–Trinajstić information content (AvgIpc) is 2.71. The molecule has 2 atom stereocenters. The molecule has 0 spiro atoms. The summed E-state index contributed by atoms with van der Waals surface area (Å²) in [6.07, 6.45) is 0. The highest BCUT2D eigenvalue weighted by Crippen LogP contribution is 2.35. The van der Waals surface area contributed by atoms with Gasteiger partial charge in [0.05, 0.1) is 0 Å². The van der Waals surface area contributed by atoms with Crippen LogP contribution in [0.15, 0.2) is 54.6 Å². The summed E-state index contributed by atoms with van der Waals surface area (Å²) >= 11 is 0. The van der Waals surface area contributed by atoms with Gasteiger partial charge in [-0.2, -0.15) is 0 Å². The maximum atomic E-state index is 10.8. The largest absolute Gasteiger partial charge is 0.312 e. The van der Waals surface area contributed by atoms with Gasteiger partial charge in [-0.05, 0) is 26.0 Å². The van der Waals surface area contributed by atoms with E-state index in [1.54, 1.807) is 0 Å². The van der Waals surface area contributed by atoms with Crippen molar-refractivity contribution in [2.24, 2.45) is 0 Å². The Kier molecular flexibility index (Phi) is 3.51. The smallest absolute Gasteiger partial charge is 0.307 e. The maximum absolute atomic E-state index is 10.8. The first kappa shape index (κ1) is 14.8. The molecule has 1 aliphatic heterocycles. The normalized spacial score (nSPS) is 25.7. The zero-order valence-electron chi connectivity index (χ0n) is 13.1. The highest BCUT2D eigenvalue weighted by molar-refractivity contribution is 6.01. The minimum atomic E-state index is -1.02. The molecule has 2 aromatic rings. The maximum Gasteiger partial charge on any atom is 0.312 e. The summed E-state index contributed by atoms with van der Waals surface area (Å²) in [7, 11) is 0. The zero-order chi connectivity index (χ0) is 15.9. The van der Waals surface area contributed by atoms with Crippen molar-refractivity contribution in [3.63, 3.8) is 0 Å². The van der Waals surface area contributed by atoms with Crippen LogP contribution in [0.2, 0.25) is 0 Å². The molecular formula is C18H21N2O2+. The number of rotatable bonds is 2. The van der Waals surface area contributed by atoms with E-state index in [2.05, 4.69) is 0 Å². The molecular weight excluding hydrogens is 276 g/mol. The van der Waals surface area contributed by atoms with Gasteiger partial charge in [-0.15, -0.1) is 5.06 Å². The summed E-state index contributed by atoms with van der Waals surface area (Å²) in [5.74, 6) is 0. The Morgan fingerprint density at radius 1 is 1.05 bits per heavy atom. The third-order valence-electron chi connectivity index (χ3n) is 4.52. The molecule has 114 valence electrons. The van der Waals surface area contributed by atoms with Crippen LogP contribution >= 0.6 is 0 Å². The van der Waals surface area contributed by atoms with Crippen LogP contribution in [0.3, 0.4) is 0 Å². The number of benzene rings is 2. The van der Waals surface area contributed by atoms with E-state index in [-0.39, 0.29) is 6.04 Å². The van der Waals surface area contributed by atoms with Crippen LogP contribution in [-0.2, 0) is 5.66 Å². The van der Waals surface area contributed by atoms with Crippen molar-refractivity contribution in [3.8, 4) is 0 Å². The van der Waals surface area contributed by atoms with Gasteiger partial charge in [-0.25, -0.2) is 0 Å². The van der Waals surface area contributed by atoms with Gasteiger partial charge in [-0.3, -0.25) is 5.21 Å². The molecule has 1 aliphatic rings. The number of aryl methyl sites for hydroxylation is 1. The van der Waals surface area contributed by atoms with Crippen LogP contribution in [0, 0.1) is 6.92 Å². The lowest BCUT2D eigenvalue weighted by Crippen LogP contribution is -2.46. The molecule has 2 unspecified atom stereocenters. The molecule has 3 rings (SSSR count). The van der Waals surface area contributed by atoms with E-state index in [0.717, 1.165) is 16.7 Å². The van der Waals surface area contributed by atoms with Gasteiger partial charge in [0.15, 0.2) is 0 Å². The third-order valence-corrected chi connectivity index (χ3v) is 4.52. The van der Waals surface area contributed by atoms with Gasteiger partial charge in [0.25, 0.3) is 5.71 Å². The Hall–Kier alpha value is -2.17. The monoisotopic (exact) mass is 297 g/mol. The number of hydrogen-bond acceptors (Lipinski definition) is 3. The molecule has 0 amide bonds. The van der Waals surface area contributed by atoms with Gasteiger partial charge in [-0.1, -0.05) is 48.0 Å². The number of hydroxylamine groups is 3. The summed E-state index contributed by atoms with van der Waals surface area (Å²) in [6.45, 7) is 5.70. The molecule has 0 radical (unpaired) electrons. The minimum Gasteiger partial charge on any atom is -0.307 e. The molecule has 0 saturated heterocycles. The topological polar surface area (TPSA) is 46.7 Å². The van der Waals surface area contributed by atoms with Crippen LogP contribution in [-0.4, -0.2) is 32.0 Å². The van der Waals surface area contributed by atoms with E-state index >= 15 is 0 Å². The highest BCUT2D eigenvalue weighted by atomic mass is 16.6. The van der Waals surface area contributed by atoms with Gasteiger partial charge >= 0.3 is 5.66 Å². The first-order valence-corrected chi connectivity index (χ1v) is 7.43. The first-order chi connectivity index (χ1) is 10.5. The predicted octanol–water partition coefficient (Wildman–Crippen LogP) is 3.15. The average molecular weight is 297 g/mol. The fourth-order valence-corrected chi connectivity index (χ4v) is 3.10. The first-order valence-electron chi connectivity index (χ1n) is 7.43. The Labute approximate surface area is 130 Å². The van der Waals surface area contributed by atoms with E-state index in [4.69, 9.17) is 0 Å². The van der Waals surface area contributed by atoms with Gasteiger partial charge in [0, 0.05) is 22.8 Å². The Bertz CT molecular complexity index is 710. The van der Waals surface area contributed by atoms with Crippen molar-refractivity contribution in [1.29, 1.82) is 0 Å². The Morgan fingerprint density at radius 2 is 1.64 bits per heavy atom. The fourth-order valence-electron chi connectivity index (χ4n) is 3.10. The van der Waals surface area contributed by atoms with Crippen LogP contribution in [0.25, 0.3) is 0 Å². The summed E-state index contributed by atoms with van der Waals surface area (Å²) < 4.78 is 1.18. The lowest BCUT2D eigenvalue weighted by atomic mass is 10.0. The molecule has 4 nitrogen and oxygen atoms in total. The standard InChI is InChI=1S/C18H21N2O2/c1-13-9-11-16(12-10-13)18(3)19(21)14(2)17(20(18)22)15-7-5-4-6-8-15/h4-12,14,21-22H,1-3H3/q+1. The predicted molar refractivity (Wildman–Crippen MR) is 84.2 cm³/mol. The molecule has 0 aliphatic carbocycles. The summed E-state index contributed by atoms with van der Waals surface area (Å²) in [5, 5.41) is 22.7. The molecule has 0 aromatic heterocycles. The van der Waals surface area contributed by atoms with E-state index in [1.165, 1.54) is 9.80 Å². The van der Waals surface area contributed by atoms with Gasteiger partial charge in [0.2, 0.25) is 0 Å². The third kappa shape index (κ3) is 2.03. The summed E-state index contributed by atoms with van der Waals surface area (Å²) in [5.41, 5.74) is 2.54. The van der Waals surface area contributed by atoms with Gasteiger partial charge in [0.1, 0.15) is 6.04 Å². The quantitative estimate of drug-likeness (QED) is 0.661. The van der Waals surface area contributed by atoms with E-state index in [1.807, 2.05) is 75.4 Å². The fraction of sp³-hybridized carbons (Fsp3) is 0.278. The SMILES string of the molecule is Cc1ccc(C2(C)N(O)C(C)C(c3ccccc3)=[N+]2O)cc1. The molecule has 4 heteroatoms. The Balaban J connectivity index is 2.16. The molecule has 2 aromatic carbocycles. The zero-order valence-corrected chi connectivity index (χ0v) is 13.1. The van der Waals surface area contributed by atoms with Crippen molar-refractivity contribution < 1.29 is 15.2 Å². The molecule has 0 fully saturated rings. The van der Waals surface area contributed by atoms with Crippen LogP contribution in [0.4, 0.5) is 0 Å². The molecule has 2 N–H and O–H groups in total. The van der Waals surface area contributed by atoms with E-state index in [9.17, 15) is 10.4 Å². The lowest BCUT2D eigenvalue weighted by molar-refractivity contribution is -0.846. The lowest BCUT2D eigenvalue weighted by Gasteiger charge is -2.25. The van der Waals surface area contributed by atoms with Crippen molar-refractivity contribution in [2.45, 2.75) is 32.5 Å². The van der Waals surface area contributed by atoms with Crippen molar-refractivity contribution in [3.05, 3.63) is 71.3 Å². The highest BCUT2D eigenvalue weighted by Gasteiger charge is 2.58. The van der Waals surface area contributed by atoms with Crippen LogP contribution in [0.1, 0.15) is 30.5 Å². The minimum absolute atomic E-state index is 0.321. The van der Waals surface area contributed by atoms with Crippen molar-refractivity contribution in [1.82, 2.24) is 5.06 Å². The molecule has 0 bridgehead atoms. The summed E-state index contributed by atoms with van der Waals surface area (Å²) in [4.78, 5) is 0. The van der Waals surface area contributed by atoms with E-state index < -0.39 is 5.66 Å². The number of hydrogen-bond donors (Lipinski definition) is 2. The summed E-state index contributed by atoms with van der Waals surface area (Å²) in [6, 6.07) is 17.2. The van der Waals surface area contributed by atoms with Crippen LogP contribution in [0.5, 0.6) is 0 Å². The van der Waals surface area contributed by atoms with Crippen LogP contribution < -0.4 is 0 Å². The number of nitrogens with zero attached hydrogens (tertiary/aromatic N) is 2. The van der Waals surface area contributed by atoms with Crippen molar-refractivity contribution in [2.75, 3.05) is 0 Å². The molecule has 1 heterocycles. The van der Waals surface area contributed by atoms with E-state index in [0.29, 0.717) is 5.71 Å². The van der Waals surface area contributed by atoms with Gasteiger partial charge < -0.3 is 5.21 Å². The Morgan fingerprint density at radius 3 is 2.23 bits per heavy atom. The molecule has 0 saturated carbocycles. The molecule has 22 heavy (non-hydrogen) atoms. The second-order valence-electron chi connectivity index (χ2n) is 5.97. The second kappa shape index (κ2) is 5.23.